The van der Waals surface area contributed by atoms with E-state index in [4.69, 9.17) is 0 Å². The van der Waals surface area contributed by atoms with E-state index >= 15 is 0 Å². The molecular weight excluding hydrogens is 104 g/mol. The second-order valence-electron chi connectivity index (χ2n) is 2.19. The summed E-state index contributed by atoms with van der Waals surface area (Å²) in [7, 11) is 0. The lowest BCUT2D eigenvalue weighted by molar-refractivity contribution is -0.373. The lowest BCUT2D eigenvalue weighted by atomic mass is 10.2. The second-order valence-corrected chi connectivity index (χ2v) is 2.19. The summed E-state index contributed by atoms with van der Waals surface area (Å²) in [6.45, 7) is 5.98. The highest BCUT2D eigenvalue weighted by molar-refractivity contribution is 5.08. The molecule has 2 nitrogen and oxygen atoms in total. The predicted octanol–water partition coefficient (Wildman–Crippen LogP) is 1.63. The van der Waals surface area contributed by atoms with Gasteiger partial charge in [0.05, 0.1) is 0 Å². The van der Waals surface area contributed by atoms with E-state index in [1.165, 1.54) is 5.57 Å². The maximum atomic E-state index is 4.68. The third kappa shape index (κ3) is 0.713. The molecule has 2 heteroatoms. The molecule has 1 saturated heterocycles. The topological polar surface area (TPSA) is 18.5 Å². The highest BCUT2D eigenvalue weighted by Crippen LogP contribution is 2.23. The molecule has 1 fully saturated rings. The first-order valence-electron chi connectivity index (χ1n) is 2.72. The zero-order valence-electron chi connectivity index (χ0n) is 5.39. The fourth-order valence-corrected chi connectivity index (χ4v) is 0.682. The summed E-state index contributed by atoms with van der Waals surface area (Å²) in [6.07, 6.45) is 0.181. The number of hydrogen-bond acceptors (Lipinski definition) is 2. The van der Waals surface area contributed by atoms with Crippen molar-refractivity contribution in [2.75, 3.05) is 0 Å². The summed E-state index contributed by atoms with van der Waals surface area (Å²) in [6, 6.07) is 0. The maximum Gasteiger partial charge on any atom is 0.173 e. The highest BCUT2D eigenvalue weighted by atomic mass is 17.2. The first kappa shape index (κ1) is 5.63. The Morgan fingerprint density at radius 3 is 2.12 bits per heavy atom. The molecule has 1 unspecified atom stereocenters. The minimum absolute atomic E-state index is 0.181. The molecule has 46 valence electrons. The molecule has 1 rings (SSSR count). The van der Waals surface area contributed by atoms with E-state index < -0.39 is 0 Å². The third-order valence-corrected chi connectivity index (χ3v) is 1.14. The van der Waals surface area contributed by atoms with Gasteiger partial charge in [-0.1, -0.05) is 0 Å². The Morgan fingerprint density at radius 2 is 2.12 bits per heavy atom. The quantitative estimate of drug-likeness (QED) is 0.445. The summed E-state index contributed by atoms with van der Waals surface area (Å²) in [4.78, 5) is 9.33. The van der Waals surface area contributed by atoms with Crippen molar-refractivity contribution >= 4 is 0 Å². The van der Waals surface area contributed by atoms with Crippen molar-refractivity contribution in [3.8, 4) is 0 Å². The number of rotatable bonds is 0. The summed E-state index contributed by atoms with van der Waals surface area (Å²) in [5.41, 5.74) is 1.20. The van der Waals surface area contributed by atoms with Crippen molar-refractivity contribution in [1.82, 2.24) is 0 Å². The van der Waals surface area contributed by atoms with Crippen LogP contribution in [-0.4, -0.2) is 6.10 Å². The minimum Gasteiger partial charge on any atom is -0.338 e. The van der Waals surface area contributed by atoms with Crippen molar-refractivity contribution in [3.63, 3.8) is 0 Å². The molecule has 1 atom stereocenters. The zero-order chi connectivity index (χ0) is 6.15. The van der Waals surface area contributed by atoms with Crippen molar-refractivity contribution in [2.45, 2.75) is 26.9 Å². The van der Waals surface area contributed by atoms with E-state index in [1.807, 2.05) is 20.8 Å². The first-order valence-corrected chi connectivity index (χ1v) is 2.72. The Labute approximate surface area is 49.0 Å². The standard InChI is InChI=1S/C6H10O2/c1-4(2)6-5(3)7-8-6/h5H,1-3H3. The van der Waals surface area contributed by atoms with Gasteiger partial charge in [-0.2, -0.15) is 4.89 Å². The second kappa shape index (κ2) is 1.78. The van der Waals surface area contributed by atoms with Crippen LogP contribution in [0.1, 0.15) is 20.8 Å². The molecule has 0 N–H and O–H groups in total. The van der Waals surface area contributed by atoms with E-state index in [-0.39, 0.29) is 6.10 Å². The Morgan fingerprint density at radius 1 is 1.50 bits per heavy atom. The van der Waals surface area contributed by atoms with Gasteiger partial charge in [-0.3, -0.25) is 0 Å². The van der Waals surface area contributed by atoms with Crippen molar-refractivity contribution in [1.29, 1.82) is 0 Å². The number of allylic oxidation sites excluding steroid dienone is 1. The van der Waals surface area contributed by atoms with Crippen LogP contribution < -0.4 is 0 Å². The first-order chi connectivity index (χ1) is 3.72. The zero-order valence-corrected chi connectivity index (χ0v) is 5.39. The van der Waals surface area contributed by atoms with Crippen LogP contribution in [-0.2, 0) is 9.78 Å². The SMILES string of the molecule is CC(C)=C1OOC1C. The van der Waals surface area contributed by atoms with Gasteiger partial charge in [0.1, 0.15) is 0 Å². The molecule has 1 heterocycles. The van der Waals surface area contributed by atoms with Gasteiger partial charge in [-0.15, -0.1) is 0 Å². The molecule has 0 bridgehead atoms. The molecule has 0 amide bonds. The smallest absolute Gasteiger partial charge is 0.173 e. The molecule has 0 saturated carbocycles. The Kier molecular flexibility index (Phi) is 1.26. The van der Waals surface area contributed by atoms with Crippen LogP contribution in [0.5, 0.6) is 0 Å². The largest absolute Gasteiger partial charge is 0.338 e. The van der Waals surface area contributed by atoms with Crippen LogP contribution in [0, 0.1) is 0 Å². The minimum atomic E-state index is 0.181. The van der Waals surface area contributed by atoms with Gasteiger partial charge in [0.15, 0.2) is 11.9 Å². The van der Waals surface area contributed by atoms with E-state index in [0.29, 0.717) is 0 Å². The van der Waals surface area contributed by atoms with Gasteiger partial charge in [0, 0.05) is 0 Å². The fraction of sp³-hybridized carbons (Fsp3) is 0.667. The summed E-state index contributed by atoms with van der Waals surface area (Å²) in [5, 5.41) is 0. The predicted molar refractivity (Wildman–Crippen MR) is 30.0 cm³/mol. The lowest BCUT2D eigenvalue weighted by Crippen LogP contribution is -2.25. The highest BCUT2D eigenvalue weighted by Gasteiger charge is 2.24. The average molecular weight is 114 g/mol. The molecule has 0 aromatic carbocycles. The van der Waals surface area contributed by atoms with E-state index in [0.717, 1.165) is 5.76 Å². The van der Waals surface area contributed by atoms with Crippen molar-refractivity contribution in [3.05, 3.63) is 11.3 Å². The molecule has 1 aliphatic heterocycles. The van der Waals surface area contributed by atoms with E-state index in [1.54, 1.807) is 0 Å². The Balaban J connectivity index is 2.60. The molecule has 0 aliphatic carbocycles. The summed E-state index contributed by atoms with van der Waals surface area (Å²) < 4.78 is 0. The molecule has 8 heavy (non-hydrogen) atoms. The van der Waals surface area contributed by atoms with Crippen LogP contribution in [0.3, 0.4) is 0 Å². The molecule has 0 radical (unpaired) electrons. The lowest BCUT2D eigenvalue weighted by Gasteiger charge is -2.25. The molecule has 0 aromatic rings. The molecule has 0 spiro atoms. The van der Waals surface area contributed by atoms with E-state index in [9.17, 15) is 0 Å². The van der Waals surface area contributed by atoms with Gasteiger partial charge < -0.3 is 4.89 Å². The Bertz CT molecular complexity index is 122. The van der Waals surface area contributed by atoms with Crippen molar-refractivity contribution < 1.29 is 9.78 Å². The van der Waals surface area contributed by atoms with E-state index in [2.05, 4.69) is 9.78 Å². The maximum absolute atomic E-state index is 4.68. The fourth-order valence-electron chi connectivity index (χ4n) is 0.682. The monoisotopic (exact) mass is 114 g/mol. The van der Waals surface area contributed by atoms with Gasteiger partial charge in [0.2, 0.25) is 0 Å². The van der Waals surface area contributed by atoms with Crippen LogP contribution in [0.25, 0.3) is 0 Å². The van der Waals surface area contributed by atoms with Crippen LogP contribution in [0.15, 0.2) is 11.3 Å². The van der Waals surface area contributed by atoms with Gasteiger partial charge >= 0.3 is 0 Å². The van der Waals surface area contributed by atoms with Gasteiger partial charge in [-0.25, -0.2) is 0 Å². The summed E-state index contributed by atoms with van der Waals surface area (Å²) >= 11 is 0. The summed E-state index contributed by atoms with van der Waals surface area (Å²) in [5.74, 6) is 0.977. The van der Waals surface area contributed by atoms with Crippen LogP contribution in [0.4, 0.5) is 0 Å². The van der Waals surface area contributed by atoms with Crippen LogP contribution in [0.2, 0.25) is 0 Å². The van der Waals surface area contributed by atoms with Crippen LogP contribution >= 0.6 is 0 Å². The molecule has 1 aliphatic rings. The Hall–Kier alpha value is -0.500. The van der Waals surface area contributed by atoms with Crippen molar-refractivity contribution in [2.24, 2.45) is 0 Å². The third-order valence-electron chi connectivity index (χ3n) is 1.14. The van der Waals surface area contributed by atoms with Gasteiger partial charge in [0.25, 0.3) is 0 Å². The van der Waals surface area contributed by atoms with Gasteiger partial charge in [-0.05, 0) is 26.3 Å². The normalized spacial score (nSPS) is 26.4. The molecular formula is C6H10O2. The average Bonchev–Trinajstić information content (AvgIpc) is 1.61. The molecule has 0 aromatic heterocycles. The number of hydrogen-bond donors (Lipinski definition) is 0.